The van der Waals surface area contributed by atoms with Crippen molar-refractivity contribution in [1.82, 2.24) is 0 Å². The molecule has 4 aliphatic carbocycles. The van der Waals surface area contributed by atoms with Crippen LogP contribution in [0.15, 0.2) is 11.6 Å². The van der Waals surface area contributed by atoms with Crippen LogP contribution in [0.1, 0.15) is 105 Å². The second-order valence-electron chi connectivity index (χ2n) is 12.7. The molecular formula is C29H50O2. The normalized spacial score (nSPS) is 43.2. The van der Waals surface area contributed by atoms with Gasteiger partial charge in [0.1, 0.15) is 0 Å². The molecule has 0 radical (unpaired) electrons. The molecule has 0 aromatic carbocycles. The molecule has 0 spiro atoms. The molecule has 2 heteroatoms. The Balaban J connectivity index is 1.45. The molecule has 3 fully saturated rings. The van der Waals surface area contributed by atoms with Gasteiger partial charge < -0.3 is 9.84 Å². The summed E-state index contributed by atoms with van der Waals surface area (Å²) in [6.07, 6.45) is 18.0. The van der Waals surface area contributed by atoms with E-state index in [1.165, 1.54) is 64.2 Å². The van der Waals surface area contributed by atoms with E-state index in [4.69, 9.17) is 9.84 Å². The molecular weight excluding hydrogens is 380 g/mol. The van der Waals surface area contributed by atoms with Crippen LogP contribution in [0.25, 0.3) is 0 Å². The highest BCUT2D eigenvalue weighted by molar-refractivity contribution is 5.25. The van der Waals surface area contributed by atoms with Crippen molar-refractivity contribution in [2.75, 3.05) is 13.2 Å². The van der Waals surface area contributed by atoms with E-state index < -0.39 is 0 Å². The molecule has 5 unspecified atom stereocenters. The highest BCUT2D eigenvalue weighted by Gasteiger charge is 2.59. The molecule has 4 aliphatic rings. The van der Waals surface area contributed by atoms with E-state index in [2.05, 4.69) is 40.7 Å². The lowest BCUT2D eigenvalue weighted by Crippen LogP contribution is -2.51. The number of hydrogen-bond donors (Lipinski definition) is 1. The number of aliphatic hydroxyl groups is 1. The summed E-state index contributed by atoms with van der Waals surface area (Å²) in [4.78, 5) is 0. The molecule has 0 aromatic heterocycles. The molecule has 1 N–H and O–H groups in total. The number of fused-ring (bicyclic) bond motifs is 5. The smallest absolute Gasteiger partial charge is 0.0701 e. The van der Waals surface area contributed by atoms with Crippen molar-refractivity contribution in [3.05, 3.63) is 11.6 Å². The topological polar surface area (TPSA) is 29.5 Å². The maximum absolute atomic E-state index is 9.14. The van der Waals surface area contributed by atoms with Crippen LogP contribution in [0.4, 0.5) is 0 Å². The van der Waals surface area contributed by atoms with Gasteiger partial charge in [-0.05, 0) is 97.7 Å². The Kier molecular flexibility index (Phi) is 7.29. The quantitative estimate of drug-likeness (QED) is 0.406. The minimum Gasteiger partial charge on any atom is -0.394 e. The Morgan fingerprint density at radius 2 is 1.84 bits per heavy atom. The lowest BCUT2D eigenvalue weighted by Gasteiger charge is -2.58. The second kappa shape index (κ2) is 9.49. The zero-order valence-corrected chi connectivity index (χ0v) is 21.2. The summed E-state index contributed by atoms with van der Waals surface area (Å²) < 4.78 is 5.94. The summed E-state index contributed by atoms with van der Waals surface area (Å²) in [6.45, 7) is 13.3. The van der Waals surface area contributed by atoms with Gasteiger partial charge in [-0.1, -0.05) is 65.5 Å². The fourth-order valence-corrected chi connectivity index (χ4v) is 9.01. The molecule has 0 saturated heterocycles. The molecule has 0 aromatic rings. The third-order valence-electron chi connectivity index (χ3n) is 10.7. The lowest BCUT2D eigenvalue weighted by atomic mass is 9.47. The molecule has 4 rings (SSSR count). The fraction of sp³-hybridized carbons (Fsp3) is 0.931. The molecule has 2 nitrogen and oxygen atoms in total. The summed E-state index contributed by atoms with van der Waals surface area (Å²) in [5.74, 6) is 5.44. The van der Waals surface area contributed by atoms with Gasteiger partial charge in [-0.3, -0.25) is 0 Å². The van der Waals surface area contributed by atoms with Crippen molar-refractivity contribution < 1.29 is 9.84 Å². The third kappa shape index (κ3) is 4.42. The molecule has 3 saturated carbocycles. The molecule has 31 heavy (non-hydrogen) atoms. The Hall–Kier alpha value is -0.340. The third-order valence-corrected chi connectivity index (χ3v) is 10.7. The first-order valence-corrected chi connectivity index (χ1v) is 13.7. The summed E-state index contributed by atoms with van der Waals surface area (Å²) in [7, 11) is 0. The van der Waals surface area contributed by atoms with Gasteiger partial charge in [-0.25, -0.2) is 0 Å². The van der Waals surface area contributed by atoms with Gasteiger partial charge in [0.05, 0.1) is 19.3 Å². The van der Waals surface area contributed by atoms with E-state index in [0.29, 0.717) is 23.5 Å². The average Bonchev–Trinajstić information content (AvgIpc) is 3.09. The van der Waals surface area contributed by atoms with Crippen LogP contribution >= 0.6 is 0 Å². The Labute approximate surface area is 192 Å². The minimum atomic E-state index is 0.148. The van der Waals surface area contributed by atoms with Crippen molar-refractivity contribution >= 4 is 0 Å². The van der Waals surface area contributed by atoms with Gasteiger partial charge in [-0.15, -0.1) is 0 Å². The summed E-state index contributed by atoms with van der Waals surface area (Å²) in [6, 6.07) is 0. The Morgan fingerprint density at radius 3 is 2.58 bits per heavy atom. The number of allylic oxidation sites excluding steroid dienone is 1. The SMILES string of the molecule is CC(C)CCCC(C)C1CCC2C3CC=C4C[C@@H](OCCO)CC[C@]4(C)C3CC[C@]12C. The summed E-state index contributed by atoms with van der Waals surface area (Å²) >= 11 is 0. The van der Waals surface area contributed by atoms with E-state index in [-0.39, 0.29) is 6.61 Å². The van der Waals surface area contributed by atoms with Crippen molar-refractivity contribution in [2.24, 2.45) is 46.3 Å². The Bertz CT molecular complexity index is 639. The van der Waals surface area contributed by atoms with Gasteiger partial charge in [0.2, 0.25) is 0 Å². The van der Waals surface area contributed by atoms with Crippen LogP contribution in [0, 0.1) is 46.3 Å². The summed E-state index contributed by atoms with van der Waals surface area (Å²) in [5, 5.41) is 9.14. The predicted octanol–water partition coefficient (Wildman–Crippen LogP) is 7.41. The van der Waals surface area contributed by atoms with Crippen LogP contribution in [0.2, 0.25) is 0 Å². The zero-order chi connectivity index (χ0) is 22.2. The van der Waals surface area contributed by atoms with Gasteiger partial charge in [0, 0.05) is 0 Å². The van der Waals surface area contributed by atoms with E-state index in [1.54, 1.807) is 5.57 Å². The van der Waals surface area contributed by atoms with Crippen LogP contribution < -0.4 is 0 Å². The fourth-order valence-electron chi connectivity index (χ4n) is 9.01. The second-order valence-corrected chi connectivity index (χ2v) is 12.7. The van der Waals surface area contributed by atoms with Crippen LogP contribution in [-0.2, 0) is 4.74 Å². The lowest BCUT2D eigenvalue weighted by molar-refractivity contribution is -0.0658. The van der Waals surface area contributed by atoms with E-state index >= 15 is 0 Å². The van der Waals surface area contributed by atoms with E-state index in [1.807, 2.05) is 0 Å². The first-order valence-electron chi connectivity index (χ1n) is 13.7. The maximum Gasteiger partial charge on any atom is 0.0701 e. The van der Waals surface area contributed by atoms with Gasteiger partial charge >= 0.3 is 0 Å². The van der Waals surface area contributed by atoms with Crippen molar-refractivity contribution in [2.45, 2.75) is 111 Å². The average molecular weight is 431 g/mol. The minimum absolute atomic E-state index is 0.148. The Morgan fingerprint density at radius 1 is 1.03 bits per heavy atom. The monoisotopic (exact) mass is 430 g/mol. The van der Waals surface area contributed by atoms with Gasteiger partial charge in [0.25, 0.3) is 0 Å². The van der Waals surface area contributed by atoms with Gasteiger partial charge in [0.15, 0.2) is 0 Å². The van der Waals surface area contributed by atoms with Crippen molar-refractivity contribution in [3.63, 3.8) is 0 Å². The first kappa shape index (κ1) is 23.8. The number of aliphatic hydroxyl groups excluding tert-OH is 1. The first-order chi connectivity index (χ1) is 14.8. The van der Waals surface area contributed by atoms with E-state index in [9.17, 15) is 0 Å². The molecule has 0 bridgehead atoms. The molecule has 178 valence electrons. The molecule has 8 atom stereocenters. The molecule has 0 aliphatic heterocycles. The predicted molar refractivity (Wildman–Crippen MR) is 130 cm³/mol. The van der Waals surface area contributed by atoms with Crippen LogP contribution in [0.3, 0.4) is 0 Å². The van der Waals surface area contributed by atoms with Gasteiger partial charge in [-0.2, -0.15) is 0 Å². The van der Waals surface area contributed by atoms with Crippen LogP contribution in [0.5, 0.6) is 0 Å². The highest BCUT2D eigenvalue weighted by Crippen LogP contribution is 2.67. The largest absolute Gasteiger partial charge is 0.394 e. The number of ether oxygens (including phenoxy) is 1. The van der Waals surface area contributed by atoms with Crippen molar-refractivity contribution in [1.29, 1.82) is 0 Å². The zero-order valence-electron chi connectivity index (χ0n) is 21.2. The molecule has 0 amide bonds. The molecule has 0 heterocycles. The van der Waals surface area contributed by atoms with Crippen molar-refractivity contribution in [3.8, 4) is 0 Å². The highest BCUT2D eigenvalue weighted by atomic mass is 16.5. The standard InChI is InChI=1S/C29H50O2/c1-20(2)7-6-8-21(3)25-11-12-26-24-10-9-22-19-23(31-18-17-30)13-15-28(22,4)27(24)14-16-29(25,26)5/h9,20-21,23-27,30H,6-8,10-19H2,1-5H3/t21?,23-,24?,25?,26?,27?,28-,29+/m0/s1. The summed E-state index contributed by atoms with van der Waals surface area (Å²) in [5.41, 5.74) is 2.69. The number of rotatable bonds is 8. The van der Waals surface area contributed by atoms with E-state index in [0.717, 1.165) is 41.9 Å². The maximum atomic E-state index is 9.14. The van der Waals surface area contributed by atoms with Crippen LogP contribution in [-0.4, -0.2) is 24.4 Å². The number of hydrogen-bond acceptors (Lipinski definition) is 2.